The Hall–Kier alpha value is -1.65. The minimum Gasteiger partial charge on any atom is -0.396 e. The third-order valence-electron chi connectivity index (χ3n) is 2.00. The smallest absolute Gasteiger partial charge is 0.127 e. The van der Waals surface area contributed by atoms with E-state index in [1.165, 1.54) is 6.92 Å². The van der Waals surface area contributed by atoms with Gasteiger partial charge in [-0.05, 0) is 30.2 Å². The molecular formula is C9H9F2N3O. The van der Waals surface area contributed by atoms with Crippen LogP contribution in [0.15, 0.2) is 17.2 Å². The molecule has 0 saturated heterocycles. The zero-order chi connectivity index (χ0) is 11.4. The summed E-state index contributed by atoms with van der Waals surface area (Å²) in [5.41, 5.74) is 8.20. The lowest BCUT2D eigenvalue weighted by Crippen LogP contribution is -2.04. The number of azide groups is 1. The zero-order valence-electron chi connectivity index (χ0n) is 7.98. The number of aryl methyl sites for hydroxylation is 1. The molecule has 0 aliphatic rings. The Morgan fingerprint density at radius 1 is 1.47 bits per heavy atom. The van der Waals surface area contributed by atoms with Crippen LogP contribution in [-0.2, 0) is 0 Å². The number of benzene rings is 1. The zero-order valence-corrected chi connectivity index (χ0v) is 7.98. The minimum absolute atomic E-state index is 0.140. The van der Waals surface area contributed by atoms with Gasteiger partial charge < -0.3 is 5.11 Å². The highest BCUT2D eigenvalue weighted by atomic mass is 19.1. The third-order valence-corrected chi connectivity index (χ3v) is 2.00. The minimum atomic E-state index is -1.09. The Bertz CT molecular complexity index is 416. The van der Waals surface area contributed by atoms with E-state index in [0.29, 0.717) is 0 Å². The highest BCUT2D eigenvalue weighted by Gasteiger charge is 2.15. The third kappa shape index (κ3) is 2.43. The van der Waals surface area contributed by atoms with Gasteiger partial charge in [0, 0.05) is 10.5 Å². The van der Waals surface area contributed by atoms with Gasteiger partial charge in [-0.2, -0.15) is 0 Å². The van der Waals surface area contributed by atoms with E-state index in [0.717, 1.165) is 12.1 Å². The average Bonchev–Trinajstić information content (AvgIpc) is 2.20. The summed E-state index contributed by atoms with van der Waals surface area (Å²) in [7, 11) is 0. The van der Waals surface area contributed by atoms with Crippen LogP contribution in [0.5, 0.6) is 0 Å². The first-order chi connectivity index (χ1) is 7.10. The molecule has 0 saturated carbocycles. The van der Waals surface area contributed by atoms with Crippen molar-refractivity contribution in [3.8, 4) is 0 Å². The van der Waals surface area contributed by atoms with Gasteiger partial charge >= 0.3 is 0 Å². The van der Waals surface area contributed by atoms with E-state index in [9.17, 15) is 8.78 Å². The summed E-state index contributed by atoms with van der Waals surface area (Å²) in [5.74, 6) is -1.29. The molecule has 1 aromatic carbocycles. The average molecular weight is 213 g/mol. The molecule has 0 aromatic heterocycles. The monoisotopic (exact) mass is 213 g/mol. The molecule has 1 rings (SSSR count). The molecule has 80 valence electrons. The summed E-state index contributed by atoms with van der Waals surface area (Å²) >= 11 is 0. The van der Waals surface area contributed by atoms with Crippen molar-refractivity contribution in [2.75, 3.05) is 6.61 Å². The van der Waals surface area contributed by atoms with Crippen LogP contribution in [-0.4, -0.2) is 11.7 Å². The van der Waals surface area contributed by atoms with Gasteiger partial charge in [0.1, 0.15) is 11.6 Å². The molecule has 1 aromatic rings. The fourth-order valence-corrected chi connectivity index (χ4v) is 1.18. The van der Waals surface area contributed by atoms with Crippen LogP contribution >= 0.6 is 0 Å². The first-order valence-corrected chi connectivity index (χ1v) is 4.20. The highest BCUT2D eigenvalue weighted by Crippen LogP contribution is 2.23. The van der Waals surface area contributed by atoms with E-state index in [1.54, 1.807) is 0 Å². The first-order valence-electron chi connectivity index (χ1n) is 4.20. The SMILES string of the molecule is Cc1cc(F)c(C(CO)N=[N+]=[N-])cc1F. The first kappa shape index (κ1) is 11.4. The lowest BCUT2D eigenvalue weighted by molar-refractivity contribution is 0.265. The standard InChI is InChI=1S/C9H9F2N3O/c1-5-2-8(11)6(3-7(5)10)9(4-15)13-14-12/h2-3,9,15H,4H2,1H3. The molecule has 0 aliphatic heterocycles. The topological polar surface area (TPSA) is 69.0 Å². The van der Waals surface area contributed by atoms with E-state index in [1.807, 2.05) is 0 Å². The van der Waals surface area contributed by atoms with E-state index < -0.39 is 24.3 Å². The van der Waals surface area contributed by atoms with Crippen molar-refractivity contribution in [1.82, 2.24) is 0 Å². The molecule has 0 amide bonds. The van der Waals surface area contributed by atoms with Crippen LogP contribution in [0, 0.1) is 18.6 Å². The van der Waals surface area contributed by atoms with Gasteiger partial charge in [-0.1, -0.05) is 5.11 Å². The normalized spacial score (nSPS) is 12.0. The summed E-state index contributed by atoms with van der Waals surface area (Å²) in [6, 6.07) is 0.839. The second-order valence-corrected chi connectivity index (χ2v) is 3.03. The fourth-order valence-electron chi connectivity index (χ4n) is 1.18. The van der Waals surface area contributed by atoms with Crippen molar-refractivity contribution in [2.45, 2.75) is 13.0 Å². The van der Waals surface area contributed by atoms with Crippen LogP contribution < -0.4 is 0 Å². The van der Waals surface area contributed by atoms with Crippen LogP contribution in [0.1, 0.15) is 17.2 Å². The molecule has 0 spiro atoms. The van der Waals surface area contributed by atoms with Crippen LogP contribution in [0.3, 0.4) is 0 Å². The highest BCUT2D eigenvalue weighted by molar-refractivity contribution is 5.27. The number of aliphatic hydroxyl groups is 1. The molecule has 0 bridgehead atoms. The molecule has 15 heavy (non-hydrogen) atoms. The number of rotatable bonds is 3. The number of hydrogen-bond donors (Lipinski definition) is 1. The van der Waals surface area contributed by atoms with E-state index in [-0.39, 0.29) is 11.1 Å². The van der Waals surface area contributed by atoms with Gasteiger partial charge in [0.2, 0.25) is 0 Å². The van der Waals surface area contributed by atoms with E-state index in [4.69, 9.17) is 10.6 Å². The fraction of sp³-hybridized carbons (Fsp3) is 0.333. The van der Waals surface area contributed by atoms with Gasteiger partial charge in [0.15, 0.2) is 0 Å². The van der Waals surface area contributed by atoms with Gasteiger partial charge in [0.25, 0.3) is 0 Å². The molecule has 0 fully saturated rings. The van der Waals surface area contributed by atoms with Crippen LogP contribution in [0.2, 0.25) is 0 Å². The Balaban J connectivity index is 3.23. The number of hydrogen-bond acceptors (Lipinski definition) is 2. The lowest BCUT2D eigenvalue weighted by Gasteiger charge is -2.10. The van der Waals surface area contributed by atoms with Crippen molar-refractivity contribution in [3.05, 3.63) is 45.3 Å². The maximum atomic E-state index is 13.3. The van der Waals surface area contributed by atoms with Gasteiger partial charge in [0.05, 0.1) is 12.6 Å². The molecule has 6 heteroatoms. The number of nitrogens with zero attached hydrogens (tertiary/aromatic N) is 3. The summed E-state index contributed by atoms with van der Waals surface area (Å²) in [6.45, 7) is 0.854. The van der Waals surface area contributed by atoms with Crippen molar-refractivity contribution in [1.29, 1.82) is 0 Å². The second-order valence-electron chi connectivity index (χ2n) is 3.03. The van der Waals surface area contributed by atoms with E-state index in [2.05, 4.69) is 10.0 Å². The predicted molar refractivity (Wildman–Crippen MR) is 50.1 cm³/mol. The molecule has 0 heterocycles. The quantitative estimate of drug-likeness (QED) is 0.468. The largest absolute Gasteiger partial charge is 0.396 e. The second kappa shape index (κ2) is 4.72. The van der Waals surface area contributed by atoms with Crippen molar-refractivity contribution in [3.63, 3.8) is 0 Å². The van der Waals surface area contributed by atoms with Crippen LogP contribution in [0.4, 0.5) is 8.78 Å². The molecule has 1 N–H and O–H groups in total. The molecule has 1 unspecified atom stereocenters. The number of aliphatic hydroxyl groups excluding tert-OH is 1. The Labute approximate surface area is 84.8 Å². The molecular weight excluding hydrogens is 204 g/mol. The Morgan fingerprint density at radius 2 is 2.13 bits per heavy atom. The van der Waals surface area contributed by atoms with Gasteiger partial charge in [-0.25, -0.2) is 8.78 Å². The summed E-state index contributed by atoms with van der Waals surface area (Å²) in [5, 5.41) is 12.0. The molecule has 0 radical (unpaired) electrons. The summed E-state index contributed by atoms with van der Waals surface area (Å²) < 4.78 is 26.4. The predicted octanol–water partition coefficient (Wildman–Crippen LogP) is 2.62. The maximum Gasteiger partial charge on any atom is 0.127 e. The molecule has 4 nitrogen and oxygen atoms in total. The Morgan fingerprint density at radius 3 is 2.67 bits per heavy atom. The van der Waals surface area contributed by atoms with Crippen molar-refractivity contribution in [2.24, 2.45) is 5.11 Å². The maximum absolute atomic E-state index is 13.3. The summed E-state index contributed by atoms with van der Waals surface area (Å²) in [4.78, 5) is 2.45. The lowest BCUT2D eigenvalue weighted by atomic mass is 10.1. The molecule has 0 aliphatic carbocycles. The number of halogens is 2. The van der Waals surface area contributed by atoms with Gasteiger partial charge in [-0.3, -0.25) is 0 Å². The van der Waals surface area contributed by atoms with Crippen LogP contribution in [0.25, 0.3) is 10.4 Å². The Kier molecular flexibility index (Phi) is 3.60. The van der Waals surface area contributed by atoms with E-state index >= 15 is 0 Å². The van der Waals surface area contributed by atoms with Gasteiger partial charge in [-0.15, -0.1) is 0 Å². The molecule has 1 atom stereocenters. The van der Waals surface area contributed by atoms with Crippen molar-refractivity contribution >= 4 is 0 Å². The van der Waals surface area contributed by atoms with Crippen molar-refractivity contribution < 1.29 is 13.9 Å². The summed E-state index contributed by atoms with van der Waals surface area (Å²) in [6.07, 6.45) is 0.